The van der Waals surface area contributed by atoms with Gasteiger partial charge in [0.15, 0.2) is 0 Å². The van der Waals surface area contributed by atoms with Crippen molar-refractivity contribution in [1.29, 1.82) is 0 Å². The number of thiazole rings is 1. The van der Waals surface area contributed by atoms with Gasteiger partial charge in [0.05, 0.1) is 10.7 Å². The van der Waals surface area contributed by atoms with Gasteiger partial charge in [-0.25, -0.2) is 4.98 Å². The Kier molecular flexibility index (Phi) is 3.72. The quantitative estimate of drug-likeness (QED) is 0.841. The molecule has 0 amide bonds. The van der Waals surface area contributed by atoms with Crippen molar-refractivity contribution in [2.75, 3.05) is 20.2 Å². The lowest BCUT2D eigenvalue weighted by Gasteiger charge is -2.17. The number of rotatable bonds is 4. The molecular formula is C11H18N2OS. The number of nitrogens with zero attached hydrogens (tertiary/aromatic N) is 2. The molecule has 3 nitrogen and oxygen atoms in total. The molecule has 4 heteroatoms. The van der Waals surface area contributed by atoms with E-state index in [9.17, 15) is 0 Å². The van der Waals surface area contributed by atoms with Crippen LogP contribution in [0, 0.1) is 0 Å². The molecule has 2 heterocycles. The molecule has 1 unspecified atom stereocenters. The third-order valence-corrected chi connectivity index (χ3v) is 3.97. The van der Waals surface area contributed by atoms with Crippen molar-refractivity contribution in [1.82, 2.24) is 9.88 Å². The van der Waals surface area contributed by atoms with E-state index >= 15 is 0 Å². The topological polar surface area (TPSA) is 36.4 Å². The van der Waals surface area contributed by atoms with Crippen LogP contribution in [0.1, 0.15) is 23.5 Å². The Morgan fingerprint density at radius 1 is 1.67 bits per heavy atom. The zero-order valence-electron chi connectivity index (χ0n) is 9.15. The number of aliphatic hydroxyl groups excluding tert-OH is 1. The molecule has 0 bridgehead atoms. The Morgan fingerprint density at radius 3 is 3.20 bits per heavy atom. The highest BCUT2D eigenvalue weighted by Crippen LogP contribution is 2.21. The lowest BCUT2D eigenvalue weighted by atomic mass is 10.1. The van der Waals surface area contributed by atoms with Crippen molar-refractivity contribution < 1.29 is 5.11 Å². The fraction of sp³-hybridized carbons (Fsp3) is 0.727. The maximum absolute atomic E-state index is 8.81. The Hall–Kier alpha value is -0.450. The van der Waals surface area contributed by atoms with E-state index in [0.717, 1.165) is 12.1 Å². The average molecular weight is 226 g/mol. The molecule has 1 aliphatic heterocycles. The molecule has 1 aromatic heterocycles. The highest BCUT2D eigenvalue weighted by Gasteiger charge is 2.21. The standard InChI is InChI=1S/C11H18N2OS/c1-13-5-2-3-10(13)7-11-12-9(4-6-14)8-15-11/h8,10,14H,2-7H2,1H3. The van der Waals surface area contributed by atoms with Crippen LogP contribution in [0.2, 0.25) is 0 Å². The summed E-state index contributed by atoms with van der Waals surface area (Å²) in [5.74, 6) is 0. The Bertz CT molecular complexity index is 313. The van der Waals surface area contributed by atoms with Gasteiger partial charge in [-0.3, -0.25) is 0 Å². The van der Waals surface area contributed by atoms with Crippen molar-refractivity contribution in [3.63, 3.8) is 0 Å². The molecule has 1 saturated heterocycles. The van der Waals surface area contributed by atoms with Crippen molar-refractivity contribution >= 4 is 11.3 Å². The summed E-state index contributed by atoms with van der Waals surface area (Å²) in [5.41, 5.74) is 1.04. The number of likely N-dealkylation sites (N-methyl/N-ethyl adjacent to an activating group) is 1. The van der Waals surface area contributed by atoms with E-state index in [0.29, 0.717) is 12.5 Å². The van der Waals surface area contributed by atoms with Crippen LogP contribution in [-0.4, -0.2) is 41.2 Å². The Labute approximate surface area is 94.8 Å². The van der Waals surface area contributed by atoms with E-state index in [1.165, 1.54) is 24.4 Å². The summed E-state index contributed by atoms with van der Waals surface area (Å²) >= 11 is 1.73. The summed E-state index contributed by atoms with van der Waals surface area (Å²) in [6, 6.07) is 0.679. The Balaban J connectivity index is 1.92. The van der Waals surface area contributed by atoms with E-state index in [4.69, 9.17) is 5.11 Å². The predicted octanol–water partition coefficient (Wildman–Crippen LogP) is 1.31. The van der Waals surface area contributed by atoms with Gasteiger partial charge >= 0.3 is 0 Å². The molecule has 0 radical (unpaired) electrons. The molecule has 0 saturated carbocycles. The number of likely N-dealkylation sites (tertiary alicyclic amines) is 1. The highest BCUT2D eigenvalue weighted by atomic mass is 32.1. The van der Waals surface area contributed by atoms with Crippen LogP contribution in [0.5, 0.6) is 0 Å². The van der Waals surface area contributed by atoms with Crippen LogP contribution >= 0.6 is 11.3 Å². The van der Waals surface area contributed by atoms with Gasteiger partial charge in [0, 0.05) is 30.9 Å². The van der Waals surface area contributed by atoms with Crippen LogP contribution < -0.4 is 0 Å². The minimum Gasteiger partial charge on any atom is -0.396 e. The van der Waals surface area contributed by atoms with Gasteiger partial charge in [0.1, 0.15) is 0 Å². The summed E-state index contributed by atoms with van der Waals surface area (Å²) in [6.07, 6.45) is 4.38. The Morgan fingerprint density at radius 2 is 2.53 bits per heavy atom. The monoisotopic (exact) mass is 226 g/mol. The molecular weight excluding hydrogens is 208 g/mol. The number of aromatic nitrogens is 1. The van der Waals surface area contributed by atoms with E-state index in [1.54, 1.807) is 11.3 Å². The van der Waals surface area contributed by atoms with Crippen molar-refractivity contribution in [3.8, 4) is 0 Å². The van der Waals surface area contributed by atoms with Gasteiger partial charge in [-0.1, -0.05) is 0 Å². The maximum Gasteiger partial charge on any atom is 0.0943 e. The van der Waals surface area contributed by atoms with Gasteiger partial charge < -0.3 is 10.0 Å². The number of hydrogen-bond acceptors (Lipinski definition) is 4. The molecule has 0 aromatic carbocycles. The third-order valence-electron chi connectivity index (χ3n) is 3.05. The first-order valence-electron chi connectivity index (χ1n) is 5.54. The van der Waals surface area contributed by atoms with Crippen molar-refractivity contribution in [2.24, 2.45) is 0 Å². The van der Waals surface area contributed by atoms with E-state index in [-0.39, 0.29) is 6.61 Å². The van der Waals surface area contributed by atoms with Gasteiger partial charge in [0.2, 0.25) is 0 Å². The maximum atomic E-state index is 8.81. The van der Waals surface area contributed by atoms with E-state index in [2.05, 4.69) is 22.3 Å². The van der Waals surface area contributed by atoms with Crippen molar-refractivity contribution in [3.05, 3.63) is 16.1 Å². The molecule has 1 atom stereocenters. The molecule has 0 spiro atoms. The second-order valence-corrected chi connectivity index (χ2v) is 5.13. The molecule has 0 aliphatic carbocycles. The summed E-state index contributed by atoms with van der Waals surface area (Å²) in [7, 11) is 2.19. The largest absolute Gasteiger partial charge is 0.396 e. The lowest BCUT2D eigenvalue weighted by Crippen LogP contribution is -2.26. The molecule has 1 aromatic rings. The molecule has 84 valence electrons. The first-order valence-corrected chi connectivity index (χ1v) is 6.42. The average Bonchev–Trinajstić information content (AvgIpc) is 2.79. The molecule has 1 N–H and O–H groups in total. The summed E-state index contributed by atoms with van der Waals surface area (Å²) in [4.78, 5) is 6.95. The number of hydrogen-bond donors (Lipinski definition) is 1. The fourth-order valence-corrected chi connectivity index (χ4v) is 3.01. The molecule has 2 rings (SSSR count). The van der Waals surface area contributed by atoms with Crippen LogP contribution in [0.25, 0.3) is 0 Å². The van der Waals surface area contributed by atoms with Gasteiger partial charge in [-0.05, 0) is 26.4 Å². The fourth-order valence-electron chi connectivity index (χ4n) is 2.11. The van der Waals surface area contributed by atoms with Gasteiger partial charge in [0.25, 0.3) is 0 Å². The van der Waals surface area contributed by atoms with Crippen LogP contribution in [0.15, 0.2) is 5.38 Å². The minimum atomic E-state index is 0.201. The number of aliphatic hydroxyl groups is 1. The van der Waals surface area contributed by atoms with Gasteiger partial charge in [-0.2, -0.15) is 0 Å². The van der Waals surface area contributed by atoms with Crippen LogP contribution in [0.4, 0.5) is 0 Å². The molecule has 1 aliphatic rings. The normalized spacial score (nSPS) is 22.4. The highest BCUT2D eigenvalue weighted by molar-refractivity contribution is 7.09. The zero-order chi connectivity index (χ0) is 10.7. The molecule has 1 fully saturated rings. The van der Waals surface area contributed by atoms with E-state index in [1.807, 2.05) is 0 Å². The van der Waals surface area contributed by atoms with Crippen LogP contribution in [0.3, 0.4) is 0 Å². The minimum absolute atomic E-state index is 0.201. The summed E-state index contributed by atoms with van der Waals surface area (Å²) < 4.78 is 0. The second kappa shape index (κ2) is 5.05. The summed E-state index contributed by atoms with van der Waals surface area (Å²) in [5, 5.41) is 12.1. The third kappa shape index (κ3) is 2.77. The summed E-state index contributed by atoms with van der Waals surface area (Å²) in [6.45, 7) is 1.42. The zero-order valence-corrected chi connectivity index (χ0v) is 9.96. The SMILES string of the molecule is CN1CCCC1Cc1nc(CCO)cs1. The molecule has 15 heavy (non-hydrogen) atoms. The first-order chi connectivity index (χ1) is 7.29. The van der Waals surface area contributed by atoms with Crippen LogP contribution in [-0.2, 0) is 12.8 Å². The first kappa shape index (κ1) is 11.0. The smallest absolute Gasteiger partial charge is 0.0943 e. The lowest BCUT2D eigenvalue weighted by molar-refractivity contribution is 0.297. The van der Waals surface area contributed by atoms with E-state index < -0.39 is 0 Å². The van der Waals surface area contributed by atoms with Gasteiger partial charge in [-0.15, -0.1) is 11.3 Å². The predicted molar refractivity (Wildman–Crippen MR) is 62.3 cm³/mol. The second-order valence-electron chi connectivity index (χ2n) is 4.19. The van der Waals surface area contributed by atoms with Crippen molar-refractivity contribution in [2.45, 2.75) is 31.7 Å².